The van der Waals surface area contributed by atoms with Crippen LogP contribution in [0.3, 0.4) is 0 Å². The molecular formula is C23H21NO3. The minimum absolute atomic E-state index is 0.151. The Balaban J connectivity index is 1.51. The summed E-state index contributed by atoms with van der Waals surface area (Å²) in [4.78, 5) is 12.8. The lowest BCUT2D eigenvalue weighted by molar-refractivity contribution is -0.133. The van der Waals surface area contributed by atoms with Gasteiger partial charge in [-0.15, -0.1) is 0 Å². The Morgan fingerprint density at radius 2 is 1.48 bits per heavy atom. The average Bonchev–Trinajstić information content (AvgIpc) is 2.72. The molecule has 1 amide bonds. The van der Waals surface area contributed by atoms with E-state index in [9.17, 15) is 4.79 Å². The first kappa shape index (κ1) is 17.3. The minimum atomic E-state index is -0.563. The number of nitrogens with one attached hydrogen (secondary N) is 1. The van der Waals surface area contributed by atoms with Crippen LogP contribution >= 0.6 is 0 Å². The zero-order chi connectivity index (χ0) is 18.6. The van der Waals surface area contributed by atoms with Crippen molar-refractivity contribution in [2.24, 2.45) is 0 Å². The molecular weight excluding hydrogens is 338 g/mol. The third-order valence-electron chi connectivity index (χ3n) is 4.68. The number of amides is 1. The first-order valence-electron chi connectivity index (χ1n) is 9.04. The van der Waals surface area contributed by atoms with Crippen LogP contribution in [0.5, 0.6) is 11.5 Å². The third-order valence-corrected chi connectivity index (χ3v) is 4.68. The van der Waals surface area contributed by atoms with Crippen molar-refractivity contribution in [3.05, 3.63) is 95.6 Å². The van der Waals surface area contributed by atoms with E-state index in [0.717, 1.165) is 28.2 Å². The molecule has 0 saturated carbocycles. The molecule has 27 heavy (non-hydrogen) atoms. The van der Waals surface area contributed by atoms with E-state index in [4.69, 9.17) is 9.47 Å². The second-order valence-electron chi connectivity index (χ2n) is 6.56. The summed E-state index contributed by atoms with van der Waals surface area (Å²) in [6.45, 7) is 2.17. The van der Waals surface area contributed by atoms with Gasteiger partial charge in [0.25, 0.3) is 0 Å². The van der Waals surface area contributed by atoms with Crippen molar-refractivity contribution in [1.29, 1.82) is 0 Å². The van der Waals surface area contributed by atoms with Crippen LogP contribution in [0, 0.1) is 0 Å². The Bertz CT molecular complexity index is 894. The maximum absolute atomic E-state index is 12.8. The highest BCUT2D eigenvalue weighted by atomic mass is 16.5. The Morgan fingerprint density at radius 3 is 2.11 bits per heavy atom. The van der Waals surface area contributed by atoms with Gasteiger partial charge in [-0.2, -0.15) is 0 Å². The number of fused-ring (bicyclic) bond motifs is 2. The van der Waals surface area contributed by atoms with E-state index >= 15 is 0 Å². The fourth-order valence-corrected chi connectivity index (χ4v) is 3.20. The Hall–Kier alpha value is -3.11. The lowest BCUT2D eigenvalue weighted by Crippen LogP contribution is -2.38. The normalized spacial score (nSPS) is 13.8. The van der Waals surface area contributed by atoms with Crippen LogP contribution in [0.15, 0.2) is 78.9 Å². The lowest BCUT2D eigenvalue weighted by Gasteiger charge is -2.29. The monoisotopic (exact) mass is 359 g/mol. The van der Waals surface area contributed by atoms with Gasteiger partial charge in [-0.05, 0) is 24.6 Å². The van der Waals surface area contributed by atoms with Gasteiger partial charge >= 0.3 is 0 Å². The van der Waals surface area contributed by atoms with E-state index in [2.05, 4.69) is 5.32 Å². The maximum Gasteiger partial charge on any atom is 0.249 e. The van der Waals surface area contributed by atoms with Gasteiger partial charge in [0, 0.05) is 11.1 Å². The highest BCUT2D eigenvalue weighted by molar-refractivity contribution is 5.81. The van der Waals surface area contributed by atoms with Crippen LogP contribution < -0.4 is 10.1 Å². The van der Waals surface area contributed by atoms with Crippen LogP contribution in [0.4, 0.5) is 0 Å². The molecule has 1 atom stereocenters. The summed E-state index contributed by atoms with van der Waals surface area (Å²) in [6.07, 6.45) is -0.563. The van der Waals surface area contributed by atoms with Crippen LogP contribution in [0.2, 0.25) is 0 Å². The molecule has 0 radical (unpaired) electrons. The lowest BCUT2D eigenvalue weighted by atomic mass is 9.94. The summed E-state index contributed by atoms with van der Waals surface area (Å²) in [6, 6.07) is 25.1. The number of para-hydroxylation sites is 2. The van der Waals surface area contributed by atoms with Gasteiger partial charge in [-0.1, -0.05) is 66.7 Å². The molecule has 1 N–H and O–H groups in total. The first-order chi connectivity index (χ1) is 13.2. The molecule has 0 fully saturated rings. The molecule has 0 saturated heterocycles. The van der Waals surface area contributed by atoms with Crippen molar-refractivity contribution in [3.8, 4) is 11.5 Å². The fourth-order valence-electron chi connectivity index (χ4n) is 3.20. The van der Waals surface area contributed by atoms with Crippen molar-refractivity contribution in [3.63, 3.8) is 0 Å². The van der Waals surface area contributed by atoms with Gasteiger partial charge in [-0.25, -0.2) is 0 Å². The number of rotatable bonds is 5. The maximum atomic E-state index is 12.8. The zero-order valence-corrected chi connectivity index (χ0v) is 15.1. The molecule has 1 aliphatic heterocycles. The van der Waals surface area contributed by atoms with Crippen LogP contribution in [-0.2, 0) is 16.1 Å². The van der Waals surface area contributed by atoms with Crippen molar-refractivity contribution in [1.82, 2.24) is 5.32 Å². The minimum Gasteiger partial charge on any atom is -0.457 e. The summed E-state index contributed by atoms with van der Waals surface area (Å²) in [7, 11) is 0. The quantitative estimate of drug-likeness (QED) is 0.724. The Morgan fingerprint density at radius 1 is 0.926 bits per heavy atom. The Labute approximate surface area is 158 Å². The topological polar surface area (TPSA) is 47.6 Å². The molecule has 0 spiro atoms. The molecule has 4 heteroatoms. The second kappa shape index (κ2) is 7.64. The second-order valence-corrected chi connectivity index (χ2v) is 6.56. The van der Waals surface area contributed by atoms with Crippen LogP contribution in [0.1, 0.15) is 29.7 Å². The predicted octanol–water partition coefficient (Wildman–Crippen LogP) is 4.60. The summed E-state index contributed by atoms with van der Waals surface area (Å²) in [5.74, 6) is 1.38. The van der Waals surface area contributed by atoms with E-state index in [-0.39, 0.29) is 11.9 Å². The molecule has 0 aromatic heterocycles. The summed E-state index contributed by atoms with van der Waals surface area (Å²) < 4.78 is 11.7. The van der Waals surface area contributed by atoms with Crippen molar-refractivity contribution in [2.45, 2.75) is 25.7 Å². The summed E-state index contributed by atoms with van der Waals surface area (Å²) >= 11 is 0. The third kappa shape index (κ3) is 3.71. The summed E-state index contributed by atoms with van der Waals surface area (Å²) in [5.41, 5.74) is 2.93. The number of hydrogen-bond acceptors (Lipinski definition) is 3. The smallest absolute Gasteiger partial charge is 0.249 e. The predicted molar refractivity (Wildman–Crippen MR) is 104 cm³/mol. The molecule has 0 aliphatic carbocycles. The Kier molecular flexibility index (Phi) is 4.90. The number of hydrogen-bond donors (Lipinski definition) is 1. The van der Waals surface area contributed by atoms with Gasteiger partial charge in [-0.3, -0.25) is 4.79 Å². The molecule has 1 unspecified atom stereocenters. The van der Waals surface area contributed by atoms with Gasteiger partial charge < -0.3 is 14.8 Å². The van der Waals surface area contributed by atoms with Gasteiger partial charge in [0.15, 0.2) is 0 Å². The van der Waals surface area contributed by atoms with Crippen molar-refractivity contribution < 1.29 is 14.3 Å². The van der Waals surface area contributed by atoms with Crippen LogP contribution in [-0.4, -0.2) is 12.0 Å². The molecule has 136 valence electrons. The molecule has 0 bridgehead atoms. The van der Waals surface area contributed by atoms with Gasteiger partial charge in [0.1, 0.15) is 17.6 Å². The van der Waals surface area contributed by atoms with E-state index in [1.807, 2.05) is 78.9 Å². The highest BCUT2D eigenvalue weighted by Gasteiger charge is 2.29. The average molecular weight is 359 g/mol. The molecule has 4 rings (SSSR count). The van der Waals surface area contributed by atoms with Gasteiger partial charge in [0.2, 0.25) is 5.91 Å². The van der Waals surface area contributed by atoms with E-state index in [1.54, 1.807) is 6.92 Å². The first-order valence-corrected chi connectivity index (χ1v) is 9.04. The molecule has 3 aromatic carbocycles. The molecule has 4 nitrogen and oxygen atoms in total. The number of carbonyl (C=O) groups excluding carboxylic acids is 1. The molecule has 1 aliphatic rings. The standard InChI is InChI=1S/C23H21NO3/c1-16(26-15-17-9-3-2-4-10-17)23(25)24-22-18-11-5-7-13-20(18)27-21-14-8-6-12-19(21)22/h2-14,16,22H,15H2,1H3,(H,24,25). The van der Waals surface area contributed by atoms with E-state index in [0.29, 0.717) is 6.61 Å². The number of carbonyl (C=O) groups is 1. The van der Waals surface area contributed by atoms with Crippen molar-refractivity contribution >= 4 is 5.91 Å². The fraction of sp³-hybridized carbons (Fsp3) is 0.174. The molecule has 3 aromatic rings. The van der Waals surface area contributed by atoms with Crippen LogP contribution in [0.25, 0.3) is 0 Å². The van der Waals surface area contributed by atoms with Gasteiger partial charge in [0.05, 0.1) is 12.6 Å². The molecule has 1 heterocycles. The number of ether oxygens (including phenoxy) is 2. The van der Waals surface area contributed by atoms with E-state index < -0.39 is 6.10 Å². The number of benzene rings is 3. The summed E-state index contributed by atoms with van der Waals surface area (Å²) in [5, 5.41) is 3.12. The largest absolute Gasteiger partial charge is 0.457 e. The zero-order valence-electron chi connectivity index (χ0n) is 15.1. The highest BCUT2D eigenvalue weighted by Crippen LogP contribution is 2.42. The SMILES string of the molecule is CC(OCc1ccccc1)C(=O)NC1c2ccccc2Oc2ccccc21. The van der Waals surface area contributed by atoms with Crippen molar-refractivity contribution in [2.75, 3.05) is 0 Å². The van der Waals surface area contributed by atoms with E-state index in [1.165, 1.54) is 0 Å².